The van der Waals surface area contributed by atoms with Crippen molar-refractivity contribution in [2.75, 3.05) is 13.1 Å². The summed E-state index contributed by atoms with van der Waals surface area (Å²) < 4.78 is 18.1. The molecular formula is C14H13FN2O5. The zero-order valence-corrected chi connectivity index (χ0v) is 11.5. The van der Waals surface area contributed by atoms with Gasteiger partial charge in [-0.3, -0.25) is 14.9 Å². The van der Waals surface area contributed by atoms with Gasteiger partial charge in [-0.15, -0.1) is 0 Å². The van der Waals surface area contributed by atoms with Gasteiger partial charge < -0.3 is 9.64 Å². The summed E-state index contributed by atoms with van der Waals surface area (Å²) in [6.45, 7) is 1.32. The quantitative estimate of drug-likeness (QED) is 0.278. The molecule has 0 unspecified atom stereocenters. The summed E-state index contributed by atoms with van der Waals surface area (Å²) in [5.41, 5.74) is -0.709. The van der Waals surface area contributed by atoms with Crippen molar-refractivity contribution in [3.8, 4) is 5.75 Å². The molecule has 0 radical (unpaired) electrons. The SMILES string of the molecule is O=C(/C=C/C(=O)N1CCCC1)Oc1ccc([N+](=O)[O-])c(F)c1. The number of hydrogen-bond donors (Lipinski definition) is 0. The zero-order valence-electron chi connectivity index (χ0n) is 11.5. The number of ether oxygens (including phenoxy) is 1. The van der Waals surface area contributed by atoms with Gasteiger partial charge in [-0.1, -0.05) is 0 Å². The molecule has 1 heterocycles. The van der Waals surface area contributed by atoms with E-state index in [4.69, 9.17) is 4.74 Å². The number of halogens is 1. The van der Waals surface area contributed by atoms with Crippen molar-refractivity contribution in [3.05, 3.63) is 46.3 Å². The third-order valence-electron chi connectivity index (χ3n) is 3.11. The van der Waals surface area contributed by atoms with Crippen LogP contribution in [0.1, 0.15) is 12.8 Å². The lowest BCUT2D eigenvalue weighted by Gasteiger charge is -2.11. The molecule has 1 aliphatic rings. The molecule has 22 heavy (non-hydrogen) atoms. The minimum Gasteiger partial charge on any atom is -0.423 e. The first-order valence-corrected chi connectivity index (χ1v) is 6.60. The van der Waals surface area contributed by atoms with Gasteiger partial charge in [-0.2, -0.15) is 4.39 Å². The number of carbonyl (C=O) groups is 2. The van der Waals surface area contributed by atoms with Crippen LogP contribution in [0.3, 0.4) is 0 Å². The Morgan fingerprint density at radius 3 is 2.55 bits per heavy atom. The van der Waals surface area contributed by atoms with Gasteiger partial charge in [0.05, 0.1) is 4.92 Å². The average molecular weight is 308 g/mol. The summed E-state index contributed by atoms with van der Waals surface area (Å²) in [5.74, 6) is -2.43. The number of amides is 1. The maximum Gasteiger partial charge on any atom is 0.336 e. The molecule has 2 rings (SSSR count). The molecule has 1 aliphatic heterocycles. The van der Waals surface area contributed by atoms with Crippen molar-refractivity contribution in [2.24, 2.45) is 0 Å². The minimum absolute atomic E-state index is 0.175. The van der Waals surface area contributed by atoms with Crippen molar-refractivity contribution >= 4 is 17.6 Å². The van der Waals surface area contributed by atoms with Crippen LogP contribution in [0.5, 0.6) is 5.75 Å². The Kier molecular flexibility index (Phi) is 4.82. The smallest absolute Gasteiger partial charge is 0.336 e. The van der Waals surface area contributed by atoms with Crippen molar-refractivity contribution in [3.63, 3.8) is 0 Å². The minimum atomic E-state index is -1.10. The monoisotopic (exact) mass is 308 g/mol. The maximum absolute atomic E-state index is 13.4. The number of hydrogen-bond acceptors (Lipinski definition) is 5. The van der Waals surface area contributed by atoms with Gasteiger partial charge in [0.25, 0.3) is 0 Å². The van der Waals surface area contributed by atoms with E-state index >= 15 is 0 Å². The standard InChI is InChI=1S/C14H13FN2O5/c15-11-9-10(3-4-12(11)17(20)21)22-14(19)6-5-13(18)16-7-1-2-8-16/h3-6,9H,1-2,7-8H2/b6-5+. The second-order valence-electron chi connectivity index (χ2n) is 4.66. The molecule has 0 saturated carbocycles. The predicted molar refractivity (Wildman–Crippen MR) is 73.6 cm³/mol. The van der Waals surface area contributed by atoms with Gasteiger partial charge in [0.1, 0.15) is 5.75 Å². The molecule has 0 N–H and O–H groups in total. The van der Waals surface area contributed by atoms with Crippen LogP contribution in [0.2, 0.25) is 0 Å². The molecule has 1 amide bonds. The van der Waals surface area contributed by atoms with E-state index in [2.05, 4.69) is 0 Å². The molecule has 0 atom stereocenters. The number of nitro groups is 1. The second kappa shape index (κ2) is 6.79. The van der Waals surface area contributed by atoms with Gasteiger partial charge in [0.2, 0.25) is 11.7 Å². The third-order valence-corrected chi connectivity index (χ3v) is 3.11. The molecule has 7 nitrogen and oxygen atoms in total. The average Bonchev–Trinajstić information content (AvgIpc) is 2.98. The molecule has 0 aliphatic carbocycles. The van der Waals surface area contributed by atoms with E-state index in [1.165, 1.54) is 0 Å². The lowest BCUT2D eigenvalue weighted by molar-refractivity contribution is -0.387. The second-order valence-corrected chi connectivity index (χ2v) is 4.66. The van der Waals surface area contributed by atoms with Crippen molar-refractivity contribution < 1.29 is 23.6 Å². The van der Waals surface area contributed by atoms with E-state index in [0.717, 1.165) is 43.2 Å². The fourth-order valence-electron chi connectivity index (χ4n) is 2.03. The van der Waals surface area contributed by atoms with E-state index in [0.29, 0.717) is 13.1 Å². The van der Waals surface area contributed by atoms with Gasteiger partial charge >= 0.3 is 11.7 Å². The van der Waals surface area contributed by atoms with E-state index < -0.39 is 22.4 Å². The van der Waals surface area contributed by atoms with E-state index in [1.807, 2.05) is 0 Å². The van der Waals surface area contributed by atoms with Crippen LogP contribution >= 0.6 is 0 Å². The van der Waals surface area contributed by atoms with Crippen LogP contribution in [0.4, 0.5) is 10.1 Å². The van der Waals surface area contributed by atoms with Crippen LogP contribution in [0, 0.1) is 15.9 Å². The lowest BCUT2D eigenvalue weighted by Crippen LogP contribution is -2.25. The van der Waals surface area contributed by atoms with Crippen LogP contribution in [-0.2, 0) is 9.59 Å². The normalized spacial score (nSPS) is 14.3. The molecular weight excluding hydrogens is 295 g/mol. The summed E-state index contributed by atoms with van der Waals surface area (Å²) >= 11 is 0. The highest BCUT2D eigenvalue weighted by Crippen LogP contribution is 2.22. The van der Waals surface area contributed by atoms with Crippen molar-refractivity contribution in [1.29, 1.82) is 0 Å². The molecule has 0 spiro atoms. The molecule has 8 heteroatoms. The first-order valence-electron chi connectivity index (χ1n) is 6.60. The summed E-state index contributed by atoms with van der Waals surface area (Å²) in [5, 5.41) is 10.5. The molecule has 1 saturated heterocycles. The van der Waals surface area contributed by atoms with Gasteiger partial charge in [-0.05, 0) is 18.9 Å². The van der Waals surface area contributed by atoms with Crippen LogP contribution < -0.4 is 4.74 Å². The number of nitrogens with zero attached hydrogens (tertiary/aromatic N) is 2. The van der Waals surface area contributed by atoms with E-state index in [9.17, 15) is 24.1 Å². The first kappa shape index (κ1) is 15.6. The number of likely N-dealkylation sites (tertiary alicyclic amines) is 1. The van der Waals surface area contributed by atoms with Crippen LogP contribution in [-0.4, -0.2) is 34.8 Å². The fourth-order valence-corrected chi connectivity index (χ4v) is 2.03. The van der Waals surface area contributed by atoms with Gasteiger partial charge in [0, 0.05) is 37.4 Å². The van der Waals surface area contributed by atoms with Crippen LogP contribution in [0.25, 0.3) is 0 Å². The Labute approximate surface area is 125 Å². The largest absolute Gasteiger partial charge is 0.423 e. The number of nitro benzene ring substituents is 1. The summed E-state index contributed by atoms with van der Waals surface area (Å²) in [6, 6.07) is 2.75. The Hall–Kier alpha value is -2.77. The van der Waals surface area contributed by atoms with Gasteiger partial charge in [0.15, 0.2) is 0 Å². The van der Waals surface area contributed by atoms with Crippen molar-refractivity contribution in [1.82, 2.24) is 4.90 Å². The first-order chi connectivity index (χ1) is 10.5. The number of esters is 1. The molecule has 1 aromatic carbocycles. The Morgan fingerprint density at radius 2 is 1.95 bits per heavy atom. The molecule has 1 fully saturated rings. The van der Waals surface area contributed by atoms with E-state index in [1.54, 1.807) is 4.90 Å². The number of rotatable bonds is 4. The fraction of sp³-hybridized carbons (Fsp3) is 0.286. The Balaban J connectivity index is 1.95. The Morgan fingerprint density at radius 1 is 1.27 bits per heavy atom. The van der Waals surface area contributed by atoms with Crippen LogP contribution in [0.15, 0.2) is 30.4 Å². The summed E-state index contributed by atoms with van der Waals surface area (Å²) in [7, 11) is 0. The van der Waals surface area contributed by atoms with E-state index in [-0.39, 0.29) is 11.7 Å². The molecule has 1 aromatic rings. The number of benzene rings is 1. The highest BCUT2D eigenvalue weighted by molar-refractivity contribution is 5.95. The predicted octanol–water partition coefficient (Wildman–Crippen LogP) is 1.82. The molecule has 0 bridgehead atoms. The topological polar surface area (TPSA) is 89.8 Å². The zero-order chi connectivity index (χ0) is 16.1. The van der Waals surface area contributed by atoms with Gasteiger partial charge in [-0.25, -0.2) is 4.79 Å². The molecule has 0 aromatic heterocycles. The van der Waals surface area contributed by atoms with Crippen molar-refractivity contribution in [2.45, 2.75) is 12.8 Å². The molecule has 116 valence electrons. The maximum atomic E-state index is 13.4. The summed E-state index contributed by atoms with van der Waals surface area (Å²) in [4.78, 5) is 34.4. The summed E-state index contributed by atoms with van der Waals surface area (Å²) in [6.07, 6.45) is 3.91. The highest BCUT2D eigenvalue weighted by atomic mass is 19.1. The third kappa shape index (κ3) is 3.87. The lowest BCUT2D eigenvalue weighted by atomic mass is 10.3. The Bertz CT molecular complexity index is 638. The number of carbonyl (C=O) groups excluding carboxylic acids is 2. The highest BCUT2D eigenvalue weighted by Gasteiger charge is 2.17.